The molecule has 0 saturated heterocycles. The number of carbonyl (C=O) groups is 1. The van der Waals surface area contributed by atoms with Crippen LogP contribution in [0.3, 0.4) is 0 Å². The van der Waals surface area contributed by atoms with Gasteiger partial charge in [0.2, 0.25) is 10.0 Å². The Kier molecular flexibility index (Phi) is 7.24. The lowest BCUT2D eigenvalue weighted by atomic mass is 10.1. The van der Waals surface area contributed by atoms with E-state index in [1.807, 2.05) is 38.1 Å². The fourth-order valence-corrected chi connectivity index (χ4v) is 3.32. The van der Waals surface area contributed by atoms with E-state index in [1.54, 1.807) is 24.3 Å². The molecule has 7 heteroatoms. The normalized spacial score (nSPS) is 11.1. The van der Waals surface area contributed by atoms with Gasteiger partial charge in [-0.05, 0) is 43.2 Å². The summed E-state index contributed by atoms with van der Waals surface area (Å²) in [6, 6.07) is 14.4. The average molecular weight is 391 g/mol. The lowest BCUT2D eigenvalue weighted by molar-refractivity contribution is -0.123. The summed E-state index contributed by atoms with van der Waals surface area (Å²) in [7, 11) is -3.45. The van der Waals surface area contributed by atoms with Crippen molar-refractivity contribution in [3.8, 4) is 5.75 Å². The average Bonchev–Trinajstić information content (AvgIpc) is 2.64. The van der Waals surface area contributed by atoms with Crippen molar-refractivity contribution < 1.29 is 17.9 Å². The molecule has 0 radical (unpaired) electrons. The van der Waals surface area contributed by atoms with Crippen molar-refractivity contribution in [3.05, 3.63) is 59.7 Å². The predicted octanol–water partition coefficient (Wildman–Crippen LogP) is 2.87. The summed E-state index contributed by atoms with van der Waals surface area (Å²) in [5, 5.41) is 2.73. The van der Waals surface area contributed by atoms with Gasteiger partial charge in [-0.2, -0.15) is 0 Å². The first kappa shape index (κ1) is 20.8. The summed E-state index contributed by atoms with van der Waals surface area (Å²) >= 11 is 0. The van der Waals surface area contributed by atoms with Gasteiger partial charge >= 0.3 is 0 Å². The smallest absolute Gasteiger partial charge is 0.257 e. The van der Waals surface area contributed by atoms with E-state index in [0.717, 1.165) is 17.5 Å². The SMILES string of the molecule is CCCNC(=O)COc1ccc(N(Cc2ccc(C)cc2)S(C)(=O)=O)cc1. The van der Waals surface area contributed by atoms with Gasteiger partial charge in [0, 0.05) is 6.54 Å². The molecular formula is C20H26N2O4S. The zero-order valence-electron chi connectivity index (χ0n) is 15.9. The second kappa shape index (κ2) is 9.41. The summed E-state index contributed by atoms with van der Waals surface area (Å²) < 4.78 is 31.3. The molecule has 146 valence electrons. The first-order valence-corrected chi connectivity index (χ1v) is 10.7. The van der Waals surface area contributed by atoms with Gasteiger partial charge in [-0.15, -0.1) is 0 Å². The number of ether oxygens (including phenoxy) is 1. The van der Waals surface area contributed by atoms with Crippen LogP contribution in [0.1, 0.15) is 24.5 Å². The first-order valence-electron chi connectivity index (χ1n) is 8.82. The van der Waals surface area contributed by atoms with E-state index < -0.39 is 10.0 Å². The second-order valence-corrected chi connectivity index (χ2v) is 8.29. The summed E-state index contributed by atoms with van der Waals surface area (Å²) in [5.41, 5.74) is 2.56. The summed E-state index contributed by atoms with van der Waals surface area (Å²) in [5.74, 6) is 0.326. The highest BCUT2D eigenvalue weighted by atomic mass is 32.2. The van der Waals surface area contributed by atoms with Gasteiger partial charge in [0.1, 0.15) is 5.75 Å². The maximum atomic E-state index is 12.2. The number of anilines is 1. The Labute approximate surface area is 161 Å². The van der Waals surface area contributed by atoms with Gasteiger partial charge in [0.05, 0.1) is 18.5 Å². The van der Waals surface area contributed by atoms with Gasteiger partial charge in [0.15, 0.2) is 6.61 Å². The fourth-order valence-electron chi connectivity index (χ4n) is 2.43. The maximum Gasteiger partial charge on any atom is 0.257 e. The number of hydrogen-bond donors (Lipinski definition) is 1. The zero-order valence-corrected chi connectivity index (χ0v) is 16.8. The molecule has 0 aliphatic carbocycles. The molecule has 0 aliphatic rings. The Morgan fingerprint density at radius 1 is 1.07 bits per heavy atom. The third kappa shape index (κ3) is 6.60. The Morgan fingerprint density at radius 3 is 2.26 bits per heavy atom. The minimum absolute atomic E-state index is 0.0709. The number of amides is 1. The van der Waals surface area contributed by atoms with Crippen molar-refractivity contribution in [1.82, 2.24) is 5.32 Å². The molecule has 0 aliphatic heterocycles. The van der Waals surface area contributed by atoms with Crippen LogP contribution in [0, 0.1) is 6.92 Å². The molecule has 0 unspecified atom stereocenters. The number of rotatable bonds is 9. The largest absolute Gasteiger partial charge is 0.484 e. The minimum Gasteiger partial charge on any atom is -0.484 e. The number of aryl methyl sites for hydroxylation is 1. The molecule has 0 bridgehead atoms. The van der Waals surface area contributed by atoms with Crippen LogP contribution in [-0.4, -0.2) is 33.7 Å². The third-order valence-corrected chi connectivity index (χ3v) is 5.05. The third-order valence-electron chi connectivity index (χ3n) is 3.91. The molecule has 0 saturated carbocycles. The molecule has 2 aromatic rings. The van der Waals surface area contributed by atoms with Gasteiger partial charge < -0.3 is 10.1 Å². The van der Waals surface area contributed by atoms with Gasteiger partial charge in [-0.1, -0.05) is 36.8 Å². The van der Waals surface area contributed by atoms with Crippen LogP contribution in [-0.2, 0) is 21.4 Å². The highest BCUT2D eigenvalue weighted by Gasteiger charge is 2.18. The van der Waals surface area contributed by atoms with Crippen molar-refractivity contribution in [1.29, 1.82) is 0 Å². The minimum atomic E-state index is -3.45. The van der Waals surface area contributed by atoms with Crippen LogP contribution < -0.4 is 14.4 Å². The number of nitrogens with zero attached hydrogens (tertiary/aromatic N) is 1. The van der Waals surface area contributed by atoms with E-state index >= 15 is 0 Å². The van der Waals surface area contributed by atoms with Crippen molar-refractivity contribution >= 4 is 21.6 Å². The van der Waals surface area contributed by atoms with E-state index in [4.69, 9.17) is 4.74 Å². The van der Waals surface area contributed by atoms with E-state index in [2.05, 4.69) is 5.32 Å². The number of carbonyl (C=O) groups excluding carboxylic acids is 1. The van der Waals surface area contributed by atoms with Crippen molar-refractivity contribution in [2.45, 2.75) is 26.8 Å². The molecule has 0 heterocycles. The molecule has 0 atom stereocenters. The Morgan fingerprint density at radius 2 is 1.70 bits per heavy atom. The van der Waals surface area contributed by atoms with E-state index in [1.165, 1.54) is 10.6 Å². The predicted molar refractivity (Wildman–Crippen MR) is 107 cm³/mol. The van der Waals surface area contributed by atoms with E-state index in [-0.39, 0.29) is 19.1 Å². The standard InChI is InChI=1S/C20H26N2O4S/c1-4-13-21-20(23)15-26-19-11-9-18(10-12-19)22(27(3,24)25)14-17-7-5-16(2)6-8-17/h5-12H,4,13-15H2,1-3H3,(H,21,23). The molecule has 1 amide bonds. The summed E-state index contributed by atoms with van der Waals surface area (Å²) in [4.78, 5) is 11.6. The molecule has 0 aromatic heterocycles. The number of nitrogens with one attached hydrogen (secondary N) is 1. The molecule has 1 N–H and O–H groups in total. The van der Waals surface area contributed by atoms with Gasteiger partial charge in [-0.3, -0.25) is 9.10 Å². The molecule has 2 rings (SSSR count). The molecule has 27 heavy (non-hydrogen) atoms. The second-order valence-electron chi connectivity index (χ2n) is 6.39. The van der Waals surface area contributed by atoms with Crippen LogP contribution in [0.5, 0.6) is 5.75 Å². The molecular weight excluding hydrogens is 364 g/mol. The van der Waals surface area contributed by atoms with Crippen LogP contribution in [0.4, 0.5) is 5.69 Å². The summed E-state index contributed by atoms with van der Waals surface area (Å²) in [6.45, 7) is 4.75. The van der Waals surface area contributed by atoms with Crippen LogP contribution in [0.25, 0.3) is 0 Å². The first-order chi connectivity index (χ1) is 12.8. The van der Waals surface area contributed by atoms with E-state index in [0.29, 0.717) is 18.0 Å². The number of sulfonamides is 1. The van der Waals surface area contributed by atoms with Gasteiger partial charge in [-0.25, -0.2) is 8.42 Å². The van der Waals surface area contributed by atoms with Crippen LogP contribution >= 0.6 is 0 Å². The monoisotopic (exact) mass is 390 g/mol. The zero-order chi connectivity index (χ0) is 19.9. The van der Waals surface area contributed by atoms with Crippen molar-refractivity contribution in [2.75, 3.05) is 23.7 Å². The van der Waals surface area contributed by atoms with Crippen molar-refractivity contribution in [2.24, 2.45) is 0 Å². The number of hydrogen-bond acceptors (Lipinski definition) is 4. The maximum absolute atomic E-state index is 12.2. The summed E-state index contributed by atoms with van der Waals surface area (Å²) in [6.07, 6.45) is 2.05. The molecule has 0 fully saturated rings. The topological polar surface area (TPSA) is 75.7 Å². The molecule has 2 aromatic carbocycles. The highest BCUT2D eigenvalue weighted by molar-refractivity contribution is 7.92. The number of benzene rings is 2. The Bertz CT molecular complexity index is 847. The van der Waals surface area contributed by atoms with Gasteiger partial charge in [0.25, 0.3) is 5.91 Å². The lowest BCUT2D eigenvalue weighted by Crippen LogP contribution is -2.29. The van der Waals surface area contributed by atoms with E-state index in [9.17, 15) is 13.2 Å². The quantitative estimate of drug-likeness (QED) is 0.714. The lowest BCUT2D eigenvalue weighted by Gasteiger charge is -2.23. The Hall–Kier alpha value is -2.54. The fraction of sp³-hybridized carbons (Fsp3) is 0.350. The van der Waals surface area contributed by atoms with Crippen molar-refractivity contribution in [3.63, 3.8) is 0 Å². The van der Waals surface area contributed by atoms with Crippen LogP contribution in [0.15, 0.2) is 48.5 Å². The Balaban J connectivity index is 2.08. The van der Waals surface area contributed by atoms with Crippen LogP contribution in [0.2, 0.25) is 0 Å². The molecule has 0 spiro atoms. The molecule has 6 nitrogen and oxygen atoms in total. The highest BCUT2D eigenvalue weighted by Crippen LogP contribution is 2.23.